The van der Waals surface area contributed by atoms with E-state index in [0.717, 1.165) is 5.56 Å². The molecule has 2 heterocycles. The third kappa shape index (κ3) is 10.1. The average molecular weight is 724 g/mol. The number of carbonyl (C=O) groups excluding carboxylic acids is 6. The molecule has 4 N–H and O–H groups in total. The van der Waals surface area contributed by atoms with E-state index in [2.05, 4.69) is 26.3 Å². The summed E-state index contributed by atoms with van der Waals surface area (Å²) in [6.45, 7) is 6.20. The van der Waals surface area contributed by atoms with Gasteiger partial charge >= 0.3 is 0 Å². The number of rotatable bonds is 4. The van der Waals surface area contributed by atoms with Gasteiger partial charge in [-0.1, -0.05) is 55.8 Å². The van der Waals surface area contributed by atoms with Crippen LogP contribution in [0.15, 0.2) is 60.0 Å². The molecule has 1 aliphatic heterocycles. The highest BCUT2D eigenvalue weighted by Gasteiger charge is 2.31. The van der Waals surface area contributed by atoms with Crippen LogP contribution in [0.2, 0.25) is 5.02 Å². The SMILES string of the molecule is CC(C)[C@@H]1NC(=O)[C@H](C)NC(=O)c2csc(n2)[C@H](Cc2ccccc2)NC(=O)CN(C(=O)c2ccc(Cl)cc2)CCN(C)C(=O)[C@@H](C)NC1=O. The maximum absolute atomic E-state index is 13.7. The molecule has 6 amide bonds. The standard InChI is InChI=1S/C35H42ClN7O6S/c1-20(2)29-32(47)38-22(4)34(48)42(5)15-16-43(35(49)24-11-13-25(36)14-12-24)18-28(44)39-26(17-23-9-7-6-8-10-23)33-40-27(19-50-33)31(46)37-21(3)30(45)41-29/h6-14,19-22,26,29H,15-18H2,1-5H3,(H,37,46)(H,38,47)(H,39,44)(H,41,45)/t21-,22+,26-,29-/m0/s1. The van der Waals surface area contributed by atoms with Gasteiger partial charge in [0.1, 0.15) is 28.8 Å². The van der Waals surface area contributed by atoms with Gasteiger partial charge in [-0.25, -0.2) is 4.98 Å². The summed E-state index contributed by atoms with van der Waals surface area (Å²) < 4.78 is 0. The van der Waals surface area contributed by atoms with Crippen LogP contribution < -0.4 is 21.3 Å². The summed E-state index contributed by atoms with van der Waals surface area (Å²) in [5.41, 5.74) is 1.26. The number of fused-ring (bicyclic) bond motifs is 2. The van der Waals surface area contributed by atoms with Gasteiger partial charge in [0, 0.05) is 36.1 Å². The largest absolute Gasteiger partial charge is 0.345 e. The van der Waals surface area contributed by atoms with Crippen molar-refractivity contribution < 1.29 is 28.8 Å². The first kappa shape index (κ1) is 38.0. The van der Waals surface area contributed by atoms with E-state index in [-0.39, 0.29) is 31.2 Å². The van der Waals surface area contributed by atoms with Crippen LogP contribution in [0.25, 0.3) is 0 Å². The predicted molar refractivity (Wildman–Crippen MR) is 189 cm³/mol. The monoisotopic (exact) mass is 723 g/mol. The topological polar surface area (TPSA) is 170 Å². The predicted octanol–water partition coefficient (Wildman–Crippen LogP) is 2.57. The van der Waals surface area contributed by atoms with Crippen molar-refractivity contribution in [2.24, 2.45) is 5.92 Å². The number of likely N-dealkylation sites (N-methyl/N-ethyl adjacent to an activating group) is 1. The number of nitrogens with zero attached hydrogens (tertiary/aromatic N) is 3. The summed E-state index contributed by atoms with van der Waals surface area (Å²) in [6, 6.07) is 12.0. The summed E-state index contributed by atoms with van der Waals surface area (Å²) in [7, 11) is 1.54. The lowest BCUT2D eigenvalue weighted by Gasteiger charge is -2.29. The van der Waals surface area contributed by atoms with Crippen LogP contribution in [-0.2, 0) is 25.6 Å². The number of halogens is 1. The number of benzene rings is 2. The molecule has 2 bridgehead atoms. The molecule has 0 spiro atoms. The Labute approximate surface area is 300 Å². The third-order valence-electron chi connectivity index (χ3n) is 8.18. The molecule has 13 nitrogen and oxygen atoms in total. The summed E-state index contributed by atoms with van der Waals surface area (Å²) in [5, 5.41) is 13.4. The number of carbonyl (C=O) groups is 6. The van der Waals surface area contributed by atoms with Gasteiger partial charge in [0.25, 0.3) is 11.8 Å². The van der Waals surface area contributed by atoms with Crippen LogP contribution in [0.5, 0.6) is 0 Å². The molecule has 3 aromatic rings. The molecule has 0 aliphatic carbocycles. The van der Waals surface area contributed by atoms with Crippen molar-refractivity contribution in [3.8, 4) is 0 Å². The van der Waals surface area contributed by atoms with Gasteiger partial charge in [-0.3, -0.25) is 28.8 Å². The molecule has 0 radical (unpaired) electrons. The molecular formula is C35H42ClN7O6S. The third-order valence-corrected chi connectivity index (χ3v) is 9.39. The zero-order valence-corrected chi connectivity index (χ0v) is 30.1. The molecule has 1 aromatic heterocycles. The molecule has 0 fully saturated rings. The van der Waals surface area contributed by atoms with Crippen molar-refractivity contribution in [2.45, 2.75) is 58.3 Å². The lowest BCUT2D eigenvalue weighted by Crippen LogP contribution is -2.57. The van der Waals surface area contributed by atoms with Gasteiger partial charge in [-0.05, 0) is 56.0 Å². The van der Waals surface area contributed by atoms with E-state index in [4.69, 9.17) is 11.6 Å². The van der Waals surface area contributed by atoms with E-state index >= 15 is 0 Å². The van der Waals surface area contributed by atoms with Gasteiger partial charge in [-0.2, -0.15) is 0 Å². The smallest absolute Gasteiger partial charge is 0.271 e. The second kappa shape index (κ2) is 17.2. The van der Waals surface area contributed by atoms with Crippen molar-refractivity contribution >= 4 is 58.4 Å². The lowest BCUT2D eigenvalue weighted by atomic mass is 10.0. The van der Waals surface area contributed by atoms with E-state index in [9.17, 15) is 28.8 Å². The van der Waals surface area contributed by atoms with Gasteiger partial charge in [0.15, 0.2) is 0 Å². The van der Waals surface area contributed by atoms with Crippen LogP contribution in [0.1, 0.15) is 65.2 Å². The molecule has 0 saturated heterocycles. The molecule has 0 unspecified atom stereocenters. The molecule has 0 saturated carbocycles. The fourth-order valence-electron chi connectivity index (χ4n) is 5.27. The minimum Gasteiger partial charge on any atom is -0.345 e. The lowest BCUT2D eigenvalue weighted by molar-refractivity contribution is -0.136. The molecule has 50 heavy (non-hydrogen) atoms. The fraction of sp³-hybridized carbons (Fsp3) is 0.400. The fourth-order valence-corrected chi connectivity index (χ4v) is 6.24. The van der Waals surface area contributed by atoms with Gasteiger partial charge in [-0.15, -0.1) is 11.3 Å². The van der Waals surface area contributed by atoms with E-state index in [0.29, 0.717) is 22.0 Å². The number of amides is 6. The van der Waals surface area contributed by atoms with Gasteiger partial charge < -0.3 is 31.1 Å². The van der Waals surface area contributed by atoms with Crippen LogP contribution in [0, 0.1) is 5.92 Å². The Morgan fingerprint density at radius 1 is 0.900 bits per heavy atom. The normalized spacial score (nSPS) is 21.9. The molecule has 2 aromatic carbocycles. The Morgan fingerprint density at radius 2 is 1.58 bits per heavy atom. The minimum atomic E-state index is -1.02. The maximum Gasteiger partial charge on any atom is 0.271 e. The summed E-state index contributed by atoms with van der Waals surface area (Å²) in [5.74, 6) is -3.50. The van der Waals surface area contributed by atoms with Gasteiger partial charge in [0.05, 0.1) is 12.6 Å². The highest BCUT2D eigenvalue weighted by atomic mass is 35.5. The number of nitrogens with one attached hydrogen (secondary N) is 4. The molecule has 266 valence electrons. The Morgan fingerprint density at radius 3 is 2.24 bits per heavy atom. The number of thiazole rings is 1. The molecule has 1 aliphatic rings. The highest BCUT2D eigenvalue weighted by Crippen LogP contribution is 2.23. The summed E-state index contributed by atoms with van der Waals surface area (Å²) in [4.78, 5) is 87.5. The highest BCUT2D eigenvalue weighted by molar-refractivity contribution is 7.09. The van der Waals surface area contributed by atoms with Gasteiger partial charge in [0.2, 0.25) is 23.6 Å². The van der Waals surface area contributed by atoms with Crippen molar-refractivity contribution in [1.29, 1.82) is 0 Å². The maximum atomic E-state index is 13.7. The molecule has 4 rings (SSSR count). The van der Waals surface area contributed by atoms with Crippen LogP contribution in [0.3, 0.4) is 0 Å². The first-order valence-electron chi connectivity index (χ1n) is 16.2. The second-order valence-corrected chi connectivity index (χ2v) is 13.9. The van der Waals surface area contributed by atoms with Crippen LogP contribution in [-0.4, -0.2) is 95.0 Å². The first-order valence-corrected chi connectivity index (χ1v) is 17.5. The van der Waals surface area contributed by atoms with Crippen LogP contribution in [0.4, 0.5) is 0 Å². The zero-order valence-electron chi connectivity index (χ0n) is 28.6. The molecule has 4 atom stereocenters. The number of hydrogen-bond acceptors (Lipinski definition) is 8. The second-order valence-electron chi connectivity index (χ2n) is 12.5. The van der Waals surface area contributed by atoms with Crippen molar-refractivity contribution in [3.63, 3.8) is 0 Å². The Bertz CT molecular complexity index is 1700. The summed E-state index contributed by atoms with van der Waals surface area (Å²) >= 11 is 7.22. The number of aromatic nitrogens is 1. The Balaban J connectivity index is 1.69. The first-order chi connectivity index (χ1) is 23.7. The van der Waals surface area contributed by atoms with E-state index in [1.807, 2.05) is 30.3 Å². The zero-order chi connectivity index (χ0) is 36.5. The van der Waals surface area contributed by atoms with Crippen LogP contribution >= 0.6 is 22.9 Å². The molecule has 15 heteroatoms. The number of hydrogen-bond donors (Lipinski definition) is 4. The molecular weight excluding hydrogens is 682 g/mol. The minimum absolute atomic E-state index is 0.00866. The van der Waals surface area contributed by atoms with Crippen molar-refractivity contribution in [1.82, 2.24) is 36.1 Å². The Kier molecular flexibility index (Phi) is 13.1. The quantitative estimate of drug-likeness (QED) is 0.321. The van der Waals surface area contributed by atoms with E-state index in [1.165, 1.54) is 42.0 Å². The van der Waals surface area contributed by atoms with Crippen molar-refractivity contribution in [3.05, 3.63) is 86.8 Å². The summed E-state index contributed by atoms with van der Waals surface area (Å²) in [6.07, 6.45) is 0.345. The Hall–Kier alpha value is -4.82. The van der Waals surface area contributed by atoms with Crippen molar-refractivity contribution in [2.75, 3.05) is 26.7 Å². The van der Waals surface area contributed by atoms with E-state index in [1.54, 1.807) is 43.5 Å². The average Bonchev–Trinajstić information content (AvgIpc) is 3.58. The van der Waals surface area contributed by atoms with E-state index < -0.39 is 59.6 Å².